The molecule has 0 radical (unpaired) electrons. The SMILES string of the molecule is CCCn1ncc(NCCNC2CC2)c(Br)c1=O. The average Bonchev–Trinajstić information content (AvgIpc) is 3.17. The van der Waals surface area contributed by atoms with Crippen molar-refractivity contribution in [2.75, 3.05) is 18.4 Å². The van der Waals surface area contributed by atoms with Gasteiger partial charge in [0.15, 0.2) is 0 Å². The van der Waals surface area contributed by atoms with E-state index in [9.17, 15) is 4.79 Å². The lowest BCUT2D eigenvalue weighted by molar-refractivity contribution is 0.565. The first-order chi connectivity index (χ1) is 8.72. The number of aryl methyl sites for hydroxylation is 1. The Balaban J connectivity index is 1.91. The topological polar surface area (TPSA) is 59.0 Å². The van der Waals surface area contributed by atoms with Crippen LogP contribution >= 0.6 is 15.9 Å². The van der Waals surface area contributed by atoms with Crippen molar-refractivity contribution in [2.24, 2.45) is 0 Å². The minimum absolute atomic E-state index is 0.0722. The molecule has 0 saturated heterocycles. The molecule has 0 amide bonds. The third-order valence-electron chi connectivity index (χ3n) is 2.87. The van der Waals surface area contributed by atoms with Gasteiger partial charge in [-0.2, -0.15) is 5.10 Å². The van der Waals surface area contributed by atoms with E-state index in [4.69, 9.17) is 0 Å². The van der Waals surface area contributed by atoms with Crippen LogP contribution in [0.2, 0.25) is 0 Å². The Morgan fingerprint density at radius 3 is 2.94 bits per heavy atom. The second kappa shape index (κ2) is 6.33. The van der Waals surface area contributed by atoms with Gasteiger partial charge in [0.2, 0.25) is 0 Å². The van der Waals surface area contributed by atoms with Gasteiger partial charge < -0.3 is 10.6 Å². The first kappa shape index (κ1) is 13.5. The van der Waals surface area contributed by atoms with Crippen molar-refractivity contribution >= 4 is 21.6 Å². The summed E-state index contributed by atoms with van der Waals surface area (Å²) in [4.78, 5) is 11.9. The van der Waals surface area contributed by atoms with Crippen molar-refractivity contribution in [3.63, 3.8) is 0 Å². The highest BCUT2D eigenvalue weighted by molar-refractivity contribution is 9.10. The molecule has 100 valence electrons. The molecule has 6 heteroatoms. The fourth-order valence-corrected chi connectivity index (χ4v) is 2.17. The third kappa shape index (κ3) is 3.55. The number of rotatable bonds is 7. The Hall–Kier alpha value is -0.880. The highest BCUT2D eigenvalue weighted by atomic mass is 79.9. The highest BCUT2D eigenvalue weighted by Gasteiger charge is 2.19. The average molecular weight is 315 g/mol. The maximum atomic E-state index is 11.9. The first-order valence-electron chi connectivity index (χ1n) is 6.45. The van der Waals surface area contributed by atoms with Crippen LogP contribution in [0.5, 0.6) is 0 Å². The highest BCUT2D eigenvalue weighted by Crippen LogP contribution is 2.18. The fourth-order valence-electron chi connectivity index (χ4n) is 1.72. The molecule has 0 spiro atoms. The van der Waals surface area contributed by atoms with Crippen LogP contribution in [-0.4, -0.2) is 28.9 Å². The number of anilines is 1. The van der Waals surface area contributed by atoms with Gasteiger partial charge in [0.05, 0.1) is 11.9 Å². The number of nitrogens with one attached hydrogen (secondary N) is 2. The van der Waals surface area contributed by atoms with E-state index >= 15 is 0 Å². The van der Waals surface area contributed by atoms with Gasteiger partial charge in [-0.15, -0.1) is 0 Å². The molecule has 0 unspecified atom stereocenters. The molecule has 18 heavy (non-hydrogen) atoms. The molecule has 1 fully saturated rings. The molecule has 2 N–H and O–H groups in total. The lowest BCUT2D eigenvalue weighted by Crippen LogP contribution is -2.27. The molecular formula is C12H19BrN4O. The van der Waals surface area contributed by atoms with Crippen LogP contribution < -0.4 is 16.2 Å². The van der Waals surface area contributed by atoms with Gasteiger partial charge in [-0.05, 0) is 35.2 Å². The van der Waals surface area contributed by atoms with Crippen LogP contribution in [0.4, 0.5) is 5.69 Å². The Bertz CT molecular complexity index is 456. The lowest BCUT2D eigenvalue weighted by atomic mass is 10.4. The molecule has 1 aliphatic rings. The van der Waals surface area contributed by atoms with E-state index in [0.717, 1.165) is 25.2 Å². The monoisotopic (exact) mass is 314 g/mol. The minimum atomic E-state index is -0.0722. The molecule has 2 rings (SSSR count). The molecule has 0 atom stereocenters. The number of nitrogens with zero attached hydrogens (tertiary/aromatic N) is 2. The van der Waals surface area contributed by atoms with Gasteiger partial charge in [0, 0.05) is 25.7 Å². The third-order valence-corrected chi connectivity index (χ3v) is 3.64. The van der Waals surface area contributed by atoms with Gasteiger partial charge >= 0.3 is 0 Å². The Labute approximate surface area is 115 Å². The zero-order chi connectivity index (χ0) is 13.0. The summed E-state index contributed by atoms with van der Waals surface area (Å²) in [5.41, 5.74) is 0.696. The molecule has 5 nitrogen and oxygen atoms in total. The summed E-state index contributed by atoms with van der Waals surface area (Å²) < 4.78 is 2.05. The van der Waals surface area contributed by atoms with Crippen LogP contribution in [0.3, 0.4) is 0 Å². The predicted molar refractivity (Wildman–Crippen MR) is 76.0 cm³/mol. The van der Waals surface area contributed by atoms with E-state index in [-0.39, 0.29) is 5.56 Å². The largest absolute Gasteiger partial charge is 0.381 e. The lowest BCUT2D eigenvalue weighted by Gasteiger charge is -2.10. The second-order valence-electron chi connectivity index (χ2n) is 4.56. The summed E-state index contributed by atoms with van der Waals surface area (Å²) in [5, 5.41) is 10.8. The van der Waals surface area contributed by atoms with Crippen molar-refractivity contribution in [3.05, 3.63) is 21.0 Å². The van der Waals surface area contributed by atoms with Gasteiger partial charge in [-0.25, -0.2) is 4.68 Å². The minimum Gasteiger partial charge on any atom is -0.381 e. The van der Waals surface area contributed by atoms with Crippen LogP contribution in [0.15, 0.2) is 15.5 Å². The summed E-state index contributed by atoms with van der Waals surface area (Å²) in [6, 6.07) is 0.714. The van der Waals surface area contributed by atoms with E-state index in [0.29, 0.717) is 17.1 Å². The molecule has 0 aliphatic heterocycles. The van der Waals surface area contributed by atoms with Crippen molar-refractivity contribution in [1.82, 2.24) is 15.1 Å². The summed E-state index contributed by atoms with van der Waals surface area (Å²) in [5.74, 6) is 0. The van der Waals surface area contributed by atoms with Crippen molar-refractivity contribution in [3.8, 4) is 0 Å². The number of halogens is 1. The Morgan fingerprint density at radius 2 is 2.28 bits per heavy atom. The zero-order valence-electron chi connectivity index (χ0n) is 10.6. The molecule has 1 aromatic heterocycles. The number of hydrogen-bond donors (Lipinski definition) is 2. The maximum Gasteiger partial charge on any atom is 0.283 e. The summed E-state index contributed by atoms with van der Waals surface area (Å²) in [6.45, 7) is 4.39. The summed E-state index contributed by atoms with van der Waals surface area (Å²) in [7, 11) is 0. The van der Waals surface area contributed by atoms with Gasteiger partial charge in [0.25, 0.3) is 5.56 Å². The maximum absolute atomic E-state index is 11.9. The zero-order valence-corrected chi connectivity index (χ0v) is 12.2. The Kier molecular flexibility index (Phi) is 4.77. The van der Waals surface area contributed by atoms with Gasteiger partial charge in [-0.1, -0.05) is 6.92 Å². The van der Waals surface area contributed by atoms with Crippen molar-refractivity contribution in [1.29, 1.82) is 0 Å². The standard InChI is InChI=1S/C12H19BrN4O/c1-2-7-17-12(18)11(13)10(8-16-17)15-6-5-14-9-3-4-9/h8-9,14-15H,2-7H2,1H3. The van der Waals surface area contributed by atoms with Crippen LogP contribution in [0.25, 0.3) is 0 Å². The predicted octanol–water partition coefficient (Wildman–Crippen LogP) is 1.58. The van der Waals surface area contributed by atoms with Gasteiger partial charge in [-0.3, -0.25) is 4.79 Å². The van der Waals surface area contributed by atoms with Crippen LogP contribution in [-0.2, 0) is 6.54 Å². The van der Waals surface area contributed by atoms with Crippen molar-refractivity contribution < 1.29 is 0 Å². The fraction of sp³-hybridized carbons (Fsp3) is 0.667. The first-order valence-corrected chi connectivity index (χ1v) is 7.24. The molecule has 1 saturated carbocycles. The number of aromatic nitrogens is 2. The molecule has 0 bridgehead atoms. The Morgan fingerprint density at radius 1 is 1.50 bits per heavy atom. The van der Waals surface area contributed by atoms with E-state index in [1.807, 2.05) is 6.92 Å². The van der Waals surface area contributed by atoms with Crippen LogP contribution in [0, 0.1) is 0 Å². The molecular weight excluding hydrogens is 296 g/mol. The summed E-state index contributed by atoms with van der Waals surface area (Å²) in [6.07, 6.45) is 5.19. The summed E-state index contributed by atoms with van der Waals surface area (Å²) >= 11 is 3.34. The van der Waals surface area contributed by atoms with Crippen LogP contribution in [0.1, 0.15) is 26.2 Å². The molecule has 1 aliphatic carbocycles. The van der Waals surface area contributed by atoms with E-state index < -0.39 is 0 Å². The van der Waals surface area contributed by atoms with E-state index in [1.165, 1.54) is 17.5 Å². The van der Waals surface area contributed by atoms with E-state index in [2.05, 4.69) is 31.7 Å². The second-order valence-corrected chi connectivity index (χ2v) is 5.35. The molecule has 1 heterocycles. The smallest absolute Gasteiger partial charge is 0.283 e. The molecule has 0 aromatic carbocycles. The van der Waals surface area contributed by atoms with E-state index in [1.54, 1.807) is 6.20 Å². The molecule has 1 aromatic rings. The van der Waals surface area contributed by atoms with Gasteiger partial charge in [0.1, 0.15) is 4.47 Å². The quantitative estimate of drug-likeness (QED) is 0.750. The number of hydrogen-bond acceptors (Lipinski definition) is 4. The van der Waals surface area contributed by atoms with Crippen molar-refractivity contribution in [2.45, 2.75) is 38.8 Å². The normalized spacial score (nSPS) is 14.8.